The zero-order valence-electron chi connectivity index (χ0n) is 11.5. The van der Waals surface area contributed by atoms with Crippen LogP contribution in [0.5, 0.6) is 0 Å². The van der Waals surface area contributed by atoms with Crippen LogP contribution in [0.15, 0.2) is 18.2 Å². The Morgan fingerprint density at radius 2 is 2.10 bits per heavy atom. The molecule has 0 aliphatic carbocycles. The fraction of sp³-hybridized carbons (Fsp3) is 0.500. The van der Waals surface area contributed by atoms with Crippen LogP contribution in [0.4, 0.5) is 18.9 Å². The molecule has 7 heteroatoms. The normalized spacial score (nSPS) is 19.4. The Balaban J connectivity index is 2.23. The van der Waals surface area contributed by atoms with Gasteiger partial charge < -0.3 is 10.2 Å². The van der Waals surface area contributed by atoms with Gasteiger partial charge in [0.05, 0.1) is 11.6 Å². The van der Waals surface area contributed by atoms with Gasteiger partial charge in [0, 0.05) is 17.3 Å². The standard InChI is InChI=1S/C14H16ClF3N2O/c1-2-4-19-12-3-5-20(13(12)21)11-7-9(14(16,17)18)6-10(15)8-11/h6-8,12,19H,2-5H2,1H3. The highest BCUT2D eigenvalue weighted by molar-refractivity contribution is 6.31. The van der Waals surface area contributed by atoms with E-state index >= 15 is 0 Å². The summed E-state index contributed by atoms with van der Waals surface area (Å²) in [6, 6.07) is 2.87. The summed E-state index contributed by atoms with van der Waals surface area (Å²) in [6.07, 6.45) is -3.02. The highest BCUT2D eigenvalue weighted by Gasteiger charge is 2.35. The quantitative estimate of drug-likeness (QED) is 0.921. The number of nitrogens with one attached hydrogen (secondary N) is 1. The number of hydrogen-bond donors (Lipinski definition) is 1. The number of carbonyl (C=O) groups excluding carboxylic acids is 1. The third-order valence-corrected chi connectivity index (χ3v) is 3.59. The van der Waals surface area contributed by atoms with Gasteiger partial charge in [0.15, 0.2) is 0 Å². The van der Waals surface area contributed by atoms with Crippen LogP contribution in [0.2, 0.25) is 5.02 Å². The number of carbonyl (C=O) groups is 1. The number of benzene rings is 1. The molecule has 21 heavy (non-hydrogen) atoms. The molecule has 1 atom stereocenters. The summed E-state index contributed by atoms with van der Waals surface area (Å²) in [5.74, 6) is -0.209. The number of halogens is 4. The second-order valence-corrected chi connectivity index (χ2v) is 5.42. The monoisotopic (exact) mass is 320 g/mol. The number of alkyl halides is 3. The van der Waals surface area contributed by atoms with Crippen molar-refractivity contribution in [1.29, 1.82) is 0 Å². The van der Waals surface area contributed by atoms with Crippen molar-refractivity contribution in [2.45, 2.75) is 32.0 Å². The molecule has 1 aliphatic rings. The van der Waals surface area contributed by atoms with Gasteiger partial charge in [-0.1, -0.05) is 18.5 Å². The fourth-order valence-electron chi connectivity index (χ4n) is 2.34. The van der Waals surface area contributed by atoms with Gasteiger partial charge in [0.2, 0.25) is 5.91 Å². The van der Waals surface area contributed by atoms with E-state index in [0.29, 0.717) is 19.5 Å². The first-order valence-electron chi connectivity index (χ1n) is 6.75. The summed E-state index contributed by atoms with van der Waals surface area (Å²) in [5, 5.41) is 3.06. The van der Waals surface area contributed by atoms with Crippen LogP contribution >= 0.6 is 11.6 Å². The van der Waals surface area contributed by atoms with E-state index in [1.807, 2.05) is 6.92 Å². The van der Waals surface area contributed by atoms with E-state index in [2.05, 4.69) is 5.32 Å². The molecule has 1 unspecified atom stereocenters. The molecule has 1 aromatic carbocycles. The van der Waals surface area contributed by atoms with Crippen LogP contribution in [0.25, 0.3) is 0 Å². The molecular formula is C14H16ClF3N2O. The molecule has 0 saturated carbocycles. The minimum Gasteiger partial charge on any atom is -0.311 e. The maximum atomic E-state index is 12.8. The van der Waals surface area contributed by atoms with Crippen molar-refractivity contribution in [2.24, 2.45) is 0 Å². The predicted octanol–water partition coefficient (Wildman–Crippen LogP) is 3.46. The summed E-state index contributed by atoms with van der Waals surface area (Å²) in [5.41, 5.74) is -0.650. The highest BCUT2D eigenvalue weighted by Crippen LogP contribution is 2.35. The SMILES string of the molecule is CCCNC1CCN(c2cc(Cl)cc(C(F)(F)F)c2)C1=O. The Bertz CT molecular complexity index is 533. The van der Waals surface area contributed by atoms with Crippen LogP contribution in [0, 0.1) is 0 Å². The van der Waals surface area contributed by atoms with Gasteiger partial charge in [-0.15, -0.1) is 0 Å². The van der Waals surface area contributed by atoms with Gasteiger partial charge in [0.1, 0.15) is 0 Å². The first-order valence-corrected chi connectivity index (χ1v) is 7.13. The van der Waals surface area contributed by atoms with Gasteiger partial charge >= 0.3 is 6.18 Å². The first kappa shape index (κ1) is 16.1. The summed E-state index contributed by atoms with van der Waals surface area (Å²) >= 11 is 5.75. The minimum absolute atomic E-state index is 0.0300. The molecule has 1 N–H and O–H groups in total. The third-order valence-electron chi connectivity index (χ3n) is 3.37. The highest BCUT2D eigenvalue weighted by atomic mass is 35.5. The zero-order valence-corrected chi connectivity index (χ0v) is 12.3. The van der Waals surface area contributed by atoms with Crippen molar-refractivity contribution < 1.29 is 18.0 Å². The molecular weight excluding hydrogens is 305 g/mol. The molecule has 0 aromatic heterocycles. The summed E-state index contributed by atoms with van der Waals surface area (Å²) in [7, 11) is 0. The minimum atomic E-state index is -4.48. The molecule has 1 aromatic rings. The van der Waals surface area contributed by atoms with Crippen LogP contribution in [-0.2, 0) is 11.0 Å². The number of rotatable bonds is 4. The molecule has 116 valence electrons. The Hall–Kier alpha value is -1.27. The topological polar surface area (TPSA) is 32.3 Å². The molecule has 3 nitrogen and oxygen atoms in total. The van der Waals surface area contributed by atoms with Crippen molar-refractivity contribution >= 4 is 23.2 Å². The van der Waals surface area contributed by atoms with Gasteiger partial charge in [-0.25, -0.2) is 0 Å². The lowest BCUT2D eigenvalue weighted by molar-refractivity contribution is -0.137. The smallest absolute Gasteiger partial charge is 0.311 e. The lowest BCUT2D eigenvalue weighted by Crippen LogP contribution is -2.38. The van der Waals surface area contributed by atoms with E-state index in [9.17, 15) is 18.0 Å². The molecule has 1 amide bonds. The second-order valence-electron chi connectivity index (χ2n) is 4.98. The van der Waals surface area contributed by atoms with Gasteiger partial charge in [-0.05, 0) is 37.6 Å². The molecule has 0 radical (unpaired) electrons. The molecule has 0 bridgehead atoms. The lowest BCUT2D eigenvalue weighted by atomic mass is 10.2. The van der Waals surface area contributed by atoms with Crippen LogP contribution in [0.3, 0.4) is 0 Å². The average molecular weight is 321 g/mol. The van der Waals surface area contributed by atoms with E-state index in [1.54, 1.807) is 0 Å². The average Bonchev–Trinajstić information content (AvgIpc) is 2.76. The van der Waals surface area contributed by atoms with Crippen LogP contribution in [0.1, 0.15) is 25.3 Å². The van der Waals surface area contributed by atoms with Crippen molar-refractivity contribution in [3.05, 3.63) is 28.8 Å². The number of amides is 1. The predicted molar refractivity (Wildman–Crippen MR) is 75.5 cm³/mol. The Kier molecular flexibility index (Phi) is 4.78. The van der Waals surface area contributed by atoms with Gasteiger partial charge in [-0.3, -0.25) is 4.79 Å². The molecule has 1 aliphatic heterocycles. The van der Waals surface area contributed by atoms with Crippen molar-refractivity contribution in [2.75, 3.05) is 18.0 Å². The second kappa shape index (κ2) is 6.23. The maximum absolute atomic E-state index is 12.8. The number of hydrogen-bond acceptors (Lipinski definition) is 2. The molecule has 2 rings (SSSR count). The Labute approximate surface area is 126 Å². The van der Waals surface area contributed by atoms with E-state index < -0.39 is 11.7 Å². The fourth-order valence-corrected chi connectivity index (χ4v) is 2.57. The third kappa shape index (κ3) is 3.68. The molecule has 0 spiro atoms. The summed E-state index contributed by atoms with van der Waals surface area (Å²) in [6.45, 7) is 3.07. The first-order chi connectivity index (χ1) is 9.82. The van der Waals surface area contributed by atoms with E-state index in [4.69, 9.17) is 11.6 Å². The van der Waals surface area contributed by atoms with E-state index in [1.165, 1.54) is 11.0 Å². The van der Waals surface area contributed by atoms with Gasteiger partial charge in [0.25, 0.3) is 0 Å². The van der Waals surface area contributed by atoms with E-state index in [-0.39, 0.29) is 22.7 Å². The van der Waals surface area contributed by atoms with Crippen molar-refractivity contribution in [3.8, 4) is 0 Å². The lowest BCUT2D eigenvalue weighted by Gasteiger charge is -2.19. The zero-order chi connectivity index (χ0) is 15.6. The largest absolute Gasteiger partial charge is 0.416 e. The van der Waals surface area contributed by atoms with E-state index in [0.717, 1.165) is 18.6 Å². The Morgan fingerprint density at radius 1 is 1.38 bits per heavy atom. The number of anilines is 1. The van der Waals surface area contributed by atoms with Crippen molar-refractivity contribution in [3.63, 3.8) is 0 Å². The van der Waals surface area contributed by atoms with Gasteiger partial charge in [-0.2, -0.15) is 13.2 Å². The maximum Gasteiger partial charge on any atom is 0.416 e. The summed E-state index contributed by atoms with van der Waals surface area (Å²) in [4.78, 5) is 13.6. The Morgan fingerprint density at radius 3 is 2.71 bits per heavy atom. The molecule has 1 fully saturated rings. The molecule has 1 saturated heterocycles. The molecule has 1 heterocycles. The summed E-state index contributed by atoms with van der Waals surface area (Å²) < 4.78 is 38.4. The number of nitrogens with zero attached hydrogens (tertiary/aromatic N) is 1. The van der Waals surface area contributed by atoms with Crippen LogP contribution in [-0.4, -0.2) is 25.0 Å². The van der Waals surface area contributed by atoms with Crippen molar-refractivity contribution in [1.82, 2.24) is 5.32 Å². The van der Waals surface area contributed by atoms with Crippen LogP contribution < -0.4 is 10.2 Å².